The fourth-order valence-corrected chi connectivity index (χ4v) is 3.35. The van der Waals surface area contributed by atoms with E-state index in [4.69, 9.17) is 16.0 Å². The largest absolute Gasteiger partial charge is 0.417 e. The minimum Gasteiger partial charge on any atom is -0.417 e. The summed E-state index contributed by atoms with van der Waals surface area (Å²) in [6.07, 6.45) is 5.44. The Kier molecular flexibility index (Phi) is 7.80. The van der Waals surface area contributed by atoms with Crippen molar-refractivity contribution < 1.29 is 9.21 Å². The average molecular weight is 424 g/mol. The van der Waals surface area contributed by atoms with Crippen molar-refractivity contribution in [3.63, 3.8) is 0 Å². The summed E-state index contributed by atoms with van der Waals surface area (Å²) < 4.78 is 5.52. The van der Waals surface area contributed by atoms with Crippen LogP contribution in [0.2, 0.25) is 5.02 Å². The van der Waals surface area contributed by atoms with Crippen LogP contribution < -0.4 is 5.32 Å². The van der Waals surface area contributed by atoms with E-state index >= 15 is 0 Å². The van der Waals surface area contributed by atoms with Gasteiger partial charge in [0.1, 0.15) is 0 Å². The highest BCUT2D eigenvalue weighted by Gasteiger charge is 2.15. The van der Waals surface area contributed by atoms with Gasteiger partial charge < -0.3 is 9.73 Å². The molecule has 0 bridgehead atoms. The van der Waals surface area contributed by atoms with E-state index in [9.17, 15) is 4.79 Å². The zero-order valence-corrected chi connectivity index (χ0v) is 18.1. The molecule has 0 spiro atoms. The van der Waals surface area contributed by atoms with Gasteiger partial charge in [-0.2, -0.15) is 0 Å². The smallest absolute Gasteiger partial charge is 0.308 e. The highest BCUT2D eigenvalue weighted by molar-refractivity contribution is 6.30. The van der Waals surface area contributed by atoms with Gasteiger partial charge in [0, 0.05) is 11.6 Å². The second kappa shape index (κ2) is 10.7. The highest BCUT2D eigenvalue weighted by Crippen LogP contribution is 2.26. The molecule has 3 aromatic rings. The molecule has 0 saturated heterocycles. The first kappa shape index (κ1) is 21.8. The molecule has 1 N–H and O–H groups in total. The fraction of sp³-hybridized carbons (Fsp3) is 0.292. The molecule has 6 heteroatoms. The number of nitrogens with zero attached hydrogens (tertiary/aromatic N) is 2. The number of hydrogen-bond donors (Lipinski definition) is 1. The Hall–Kier alpha value is -2.92. The molecule has 0 atom stereocenters. The molecule has 0 saturated carbocycles. The quantitative estimate of drug-likeness (QED) is 0.484. The van der Waals surface area contributed by atoms with E-state index < -0.39 is 0 Å². The fourth-order valence-electron chi connectivity index (χ4n) is 3.18. The summed E-state index contributed by atoms with van der Waals surface area (Å²) in [4.78, 5) is 12.4. The van der Waals surface area contributed by atoms with Crippen LogP contribution in [-0.4, -0.2) is 22.6 Å². The van der Waals surface area contributed by atoms with Gasteiger partial charge in [0.25, 0.3) is 0 Å². The number of aromatic nitrogens is 2. The number of rotatable bonds is 9. The van der Waals surface area contributed by atoms with E-state index in [1.54, 1.807) is 0 Å². The van der Waals surface area contributed by atoms with E-state index in [0.29, 0.717) is 30.3 Å². The van der Waals surface area contributed by atoms with Gasteiger partial charge in [0.2, 0.25) is 5.89 Å². The molecular formula is C24H26ClN3O2. The van der Waals surface area contributed by atoms with E-state index in [0.717, 1.165) is 29.5 Å². The maximum atomic E-state index is 12.4. The lowest BCUT2D eigenvalue weighted by Crippen LogP contribution is -2.25. The minimum absolute atomic E-state index is 0.0149. The maximum Gasteiger partial charge on any atom is 0.308 e. The van der Waals surface area contributed by atoms with Crippen LogP contribution in [0, 0.1) is 6.92 Å². The lowest BCUT2D eigenvalue weighted by atomic mass is 9.97. The number of amides is 1. The van der Waals surface area contributed by atoms with E-state index in [2.05, 4.69) is 35.4 Å². The first-order valence-corrected chi connectivity index (χ1v) is 10.5. The second-order valence-corrected chi connectivity index (χ2v) is 7.58. The van der Waals surface area contributed by atoms with Crippen molar-refractivity contribution in [1.29, 1.82) is 0 Å². The number of aryl methyl sites for hydroxylation is 1. The molecule has 0 aliphatic rings. The molecule has 0 aliphatic carbocycles. The summed E-state index contributed by atoms with van der Waals surface area (Å²) in [7, 11) is 0. The average Bonchev–Trinajstić information content (AvgIpc) is 3.21. The number of benzene rings is 2. The Morgan fingerprint density at radius 1 is 1.17 bits per heavy atom. The van der Waals surface area contributed by atoms with Crippen LogP contribution in [0.15, 0.2) is 59.0 Å². The third-order valence-electron chi connectivity index (χ3n) is 4.76. The van der Waals surface area contributed by atoms with Gasteiger partial charge in [-0.1, -0.05) is 67.4 Å². The van der Waals surface area contributed by atoms with Crippen LogP contribution in [0.5, 0.6) is 0 Å². The normalized spacial score (nSPS) is 11.5. The Morgan fingerprint density at radius 3 is 2.73 bits per heavy atom. The number of hydrogen-bond acceptors (Lipinski definition) is 4. The van der Waals surface area contributed by atoms with E-state index in [1.165, 1.54) is 5.57 Å². The summed E-state index contributed by atoms with van der Waals surface area (Å²) in [5.74, 6) is 0.0443. The van der Waals surface area contributed by atoms with Crippen LogP contribution >= 0.6 is 11.6 Å². The molecule has 0 fully saturated rings. The Balaban J connectivity index is 1.60. The van der Waals surface area contributed by atoms with Crippen molar-refractivity contribution in [1.82, 2.24) is 15.5 Å². The first-order valence-electron chi connectivity index (χ1n) is 10.2. The van der Waals surface area contributed by atoms with Gasteiger partial charge >= 0.3 is 11.8 Å². The van der Waals surface area contributed by atoms with Crippen LogP contribution in [0.25, 0.3) is 5.57 Å². The molecule has 5 nitrogen and oxygen atoms in total. The first-order chi connectivity index (χ1) is 14.6. The van der Waals surface area contributed by atoms with Crippen LogP contribution in [0.3, 0.4) is 0 Å². The summed E-state index contributed by atoms with van der Waals surface area (Å²) in [5.41, 5.74) is 4.51. The summed E-state index contributed by atoms with van der Waals surface area (Å²) >= 11 is 6.20. The maximum absolute atomic E-state index is 12.4. The van der Waals surface area contributed by atoms with Crippen LogP contribution in [0.1, 0.15) is 59.5 Å². The summed E-state index contributed by atoms with van der Waals surface area (Å²) in [6.45, 7) is 4.68. The number of halogens is 1. The number of unbranched alkanes of at least 4 members (excludes halogenated alkanes) is 1. The van der Waals surface area contributed by atoms with Gasteiger partial charge in [0.15, 0.2) is 0 Å². The molecule has 1 heterocycles. The van der Waals surface area contributed by atoms with Crippen molar-refractivity contribution in [2.24, 2.45) is 0 Å². The van der Waals surface area contributed by atoms with Crippen molar-refractivity contribution in [2.75, 3.05) is 6.54 Å². The van der Waals surface area contributed by atoms with Gasteiger partial charge in [-0.25, -0.2) is 0 Å². The van der Waals surface area contributed by atoms with Gasteiger partial charge in [0.05, 0.1) is 6.42 Å². The molecule has 0 unspecified atom stereocenters. The van der Waals surface area contributed by atoms with E-state index in [1.807, 2.05) is 48.5 Å². The van der Waals surface area contributed by atoms with Crippen LogP contribution in [-0.2, 0) is 6.42 Å². The zero-order valence-electron chi connectivity index (χ0n) is 17.3. The van der Waals surface area contributed by atoms with Crippen LogP contribution in [0.4, 0.5) is 0 Å². The Morgan fingerprint density at radius 2 is 1.97 bits per heavy atom. The summed E-state index contributed by atoms with van der Waals surface area (Å²) in [6, 6.07) is 15.7. The van der Waals surface area contributed by atoms with E-state index in [-0.39, 0.29) is 11.8 Å². The van der Waals surface area contributed by atoms with Crippen molar-refractivity contribution >= 4 is 23.1 Å². The van der Waals surface area contributed by atoms with Gasteiger partial charge in [-0.15, -0.1) is 10.2 Å². The van der Waals surface area contributed by atoms with Crippen molar-refractivity contribution in [2.45, 2.75) is 39.5 Å². The highest BCUT2D eigenvalue weighted by atomic mass is 35.5. The zero-order chi connectivity index (χ0) is 21.3. The SMILES string of the molecule is CCCC=C(CCNC(=O)c1nnc(Cc2ccccc2)o1)c1cc(Cl)ccc1C. The monoisotopic (exact) mass is 423 g/mol. The topological polar surface area (TPSA) is 68.0 Å². The van der Waals surface area contributed by atoms with Crippen molar-refractivity contribution in [3.8, 4) is 0 Å². The minimum atomic E-state index is -0.362. The van der Waals surface area contributed by atoms with Crippen molar-refractivity contribution in [3.05, 3.63) is 88.1 Å². The number of carbonyl (C=O) groups is 1. The standard InChI is InChI=1S/C24H26ClN3O2/c1-3-4-10-19(21-16-20(25)12-11-17(21)2)13-14-26-23(29)24-28-27-22(30-24)15-18-8-6-5-7-9-18/h5-12,16H,3-4,13-15H2,1-2H3,(H,26,29). The summed E-state index contributed by atoms with van der Waals surface area (Å²) in [5, 5.41) is 11.4. The third kappa shape index (κ3) is 6.04. The predicted molar refractivity (Wildman–Crippen MR) is 120 cm³/mol. The number of carbonyl (C=O) groups excluding carboxylic acids is 1. The Labute approximate surface area is 182 Å². The molecule has 0 aliphatic heterocycles. The molecular weight excluding hydrogens is 398 g/mol. The van der Waals surface area contributed by atoms with Gasteiger partial charge in [-0.05, 0) is 54.2 Å². The molecule has 1 aromatic heterocycles. The number of allylic oxidation sites excluding steroid dienone is 1. The second-order valence-electron chi connectivity index (χ2n) is 7.15. The number of nitrogens with one attached hydrogen (secondary N) is 1. The molecule has 3 rings (SSSR count). The molecule has 30 heavy (non-hydrogen) atoms. The Bertz CT molecular complexity index is 1010. The third-order valence-corrected chi connectivity index (χ3v) is 5.00. The molecule has 1 amide bonds. The molecule has 0 radical (unpaired) electrons. The predicted octanol–water partition coefficient (Wildman–Crippen LogP) is 5.63. The molecule has 2 aromatic carbocycles. The molecule has 156 valence electrons. The lowest BCUT2D eigenvalue weighted by Gasteiger charge is -2.12. The lowest BCUT2D eigenvalue weighted by molar-refractivity contribution is 0.0918. The van der Waals surface area contributed by atoms with Gasteiger partial charge in [-0.3, -0.25) is 4.79 Å².